The summed E-state index contributed by atoms with van der Waals surface area (Å²) in [4.78, 5) is 115. The number of aryl methyl sites for hydroxylation is 8. The Labute approximate surface area is 708 Å². The Kier molecular flexibility index (Phi) is 29.1. The number of aliphatic hydroxyl groups is 2. The second-order valence-corrected chi connectivity index (χ2v) is 30.4. The van der Waals surface area contributed by atoms with Crippen LogP contribution in [0.1, 0.15) is 128 Å². The molecule has 4 amide bonds. The van der Waals surface area contributed by atoms with Gasteiger partial charge < -0.3 is 74.2 Å². The molecule has 3 aliphatic heterocycles. The number of aliphatic hydroxyl groups excluding tert-OH is 2. The fraction of sp³-hybridized carbons (Fsp3) is 0.325. The largest absolute Gasteiger partial charge is 0.496 e. The number of aromatic amines is 1. The highest BCUT2D eigenvalue weighted by atomic mass is 35.5. The summed E-state index contributed by atoms with van der Waals surface area (Å²) in [5, 5.41) is 41.0. The van der Waals surface area contributed by atoms with E-state index in [1.165, 1.54) is 14.2 Å². The summed E-state index contributed by atoms with van der Waals surface area (Å²) in [6, 6.07) is 21.7. The van der Waals surface area contributed by atoms with Crippen LogP contribution in [0.4, 0.5) is 23.5 Å². The van der Waals surface area contributed by atoms with E-state index in [0.717, 1.165) is 84.0 Å². The molecule has 33 nitrogen and oxygen atoms in total. The molecular weight excluding hydrogens is 1600 g/mol. The van der Waals surface area contributed by atoms with E-state index in [4.69, 9.17) is 54.1 Å². The molecule has 626 valence electrons. The third kappa shape index (κ3) is 21.8. The van der Waals surface area contributed by atoms with Gasteiger partial charge in [0.2, 0.25) is 34.3 Å². The van der Waals surface area contributed by atoms with Crippen molar-refractivity contribution >= 4 is 112 Å². The first-order valence-electron chi connectivity index (χ1n) is 38.2. The number of hydrogen-bond donors (Lipinski definition) is 7. The number of anilines is 4. The smallest absolute Gasteiger partial charge is 0.466 e. The average Bonchev–Trinajstić information content (AvgIpc) is 1.65. The minimum absolute atomic E-state index is 0.186. The maximum atomic E-state index is 13.5. The Bertz CT molecular complexity index is 5420. The van der Waals surface area contributed by atoms with Crippen molar-refractivity contribution in [3.8, 4) is 22.5 Å². The Morgan fingerprint density at radius 3 is 1.52 bits per heavy atom. The SMILES string of the molecule is COC(=O)C1=CC(c2nc(Cl)ncc2C)=CC1.COC(=O)c1cc(B2OCC(C)(C)O2)c[nH]1.Cc1cccc([C@@H](CO)NC(=O)[C@@H](C)N2CCn3cc(-c4nc(Nc5ccnn5C)ncc4C)cc3C2=O)c1.Cc1cccc([C@@H](CO)NC(=O)[C@H](C)N2CCn3cc(-c4nc(Nc5ccnn5C)ncc4C)cc3C2=O)c1.Cc1cnc(Cl)nc1Cl. The van der Waals surface area contributed by atoms with Crippen LogP contribution in [0, 0.1) is 41.5 Å². The monoisotopic (exact) mass is 1690 g/mol. The Hall–Kier alpha value is -12.3. The highest BCUT2D eigenvalue weighted by molar-refractivity contribution is 6.62. The number of esters is 2. The molecule has 120 heavy (non-hydrogen) atoms. The number of aromatic nitrogens is 15. The van der Waals surface area contributed by atoms with Crippen LogP contribution >= 0.6 is 34.8 Å². The number of ether oxygens (including phenoxy) is 2. The number of carbonyl (C=O) groups is 6. The molecular formula is C83H93BCl3N21O12. The number of rotatable bonds is 20. The van der Waals surface area contributed by atoms with E-state index in [1.54, 1.807) is 88.5 Å². The molecule has 12 heterocycles. The fourth-order valence-electron chi connectivity index (χ4n) is 13.2. The van der Waals surface area contributed by atoms with E-state index in [-0.39, 0.29) is 59.0 Å². The lowest BCUT2D eigenvalue weighted by Gasteiger charge is -2.33. The molecule has 2 aromatic carbocycles. The number of H-pyrrole nitrogens is 1. The number of benzene rings is 2. The van der Waals surface area contributed by atoms with Crippen LogP contribution < -0.4 is 26.7 Å². The van der Waals surface area contributed by atoms with Crippen LogP contribution in [0.2, 0.25) is 15.7 Å². The number of hydrogen-bond acceptors (Lipinski definition) is 24. The van der Waals surface area contributed by atoms with Gasteiger partial charge in [-0.2, -0.15) is 10.2 Å². The number of nitrogens with zero attached hydrogens (tertiary/aromatic N) is 16. The number of halogens is 3. The van der Waals surface area contributed by atoms with Crippen molar-refractivity contribution in [2.24, 2.45) is 14.1 Å². The summed E-state index contributed by atoms with van der Waals surface area (Å²) in [6.45, 7) is 20.7. The number of amides is 4. The molecule has 11 aromatic rings. The molecule has 4 atom stereocenters. The quantitative estimate of drug-likeness (QED) is 0.0161. The van der Waals surface area contributed by atoms with Crippen molar-refractivity contribution < 1.29 is 57.8 Å². The van der Waals surface area contributed by atoms with Crippen LogP contribution in [-0.2, 0) is 60.4 Å². The fourth-order valence-corrected chi connectivity index (χ4v) is 13.7. The number of fused-ring (bicyclic) bond motifs is 2. The van der Waals surface area contributed by atoms with Gasteiger partial charge in [-0.05, 0) is 157 Å². The highest BCUT2D eigenvalue weighted by Gasteiger charge is 2.40. The predicted molar refractivity (Wildman–Crippen MR) is 453 cm³/mol. The zero-order valence-electron chi connectivity index (χ0n) is 68.7. The normalized spacial score (nSPS) is 14.7. The Balaban J connectivity index is 0.000000160. The van der Waals surface area contributed by atoms with Gasteiger partial charge in [0.1, 0.15) is 46.0 Å². The Morgan fingerprint density at radius 1 is 0.608 bits per heavy atom. The molecule has 7 N–H and O–H groups in total. The standard InChI is InChI=1S/2C28H32N8O3.C12H11ClN2O2.C10H14BNO4.C5H4Cl2N2/c2*1-17-6-5-7-20(12-17)22(16-37)31-26(38)19(3)36-11-10-35-15-21(13-23(35)27(36)39)25-18(2)14-29-28(33-25)32-24-8-9-30-34(24)4;1-7-6-14-12(13)15-10(7)8-3-4-9(5-8)11(16)17-2;1-10(2)6-15-11(16-10)7-4-8(12-5-7)9(13)14-3;1-3-2-8-5(7)9-4(3)6/h2*5-9,12-15,19,22,37H,10-11,16H2,1-4H3,(H,31,38)(H,29,32,33);3,5-6H,4H2,1-2H3;4-5,12H,6H2,1-3H3;2H,1H3/t19-,22+;19-,22-;;;/m01.../s1. The van der Waals surface area contributed by atoms with E-state index in [1.807, 2.05) is 170 Å². The summed E-state index contributed by atoms with van der Waals surface area (Å²) in [6.07, 6.45) is 19.9. The molecule has 0 unspecified atom stereocenters. The molecule has 1 saturated heterocycles. The van der Waals surface area contributed by atoms with Gasteiger partial charge in [0.05, 0.1) is 81.2 Å². The van der Waals surface area contributed by atoms with Crippen LogP contribution in [0.5, 0.6) is 0 Å². The van der Waals surface area contributed by atoms with Gasteiger partial charge in [-0.25, -0.2) is 49.5 Å². The molecule has 9 aromatic heterocycles. The molecule has 0 radical (unpaired) electrons. The number of carbonyl (C=O) groups excluding carboxylic acids is 6. The van der Waals surface area contributed by atoms with Gasteiger partial charge in [-0.15, -0.1) is 0 Å². The summed E-state index contributed by atoms with van der Waals surface area (Å²) >= 11 is 16.7. The molecule has 0 bridgehead atoms. The molecule has 4 aliphatic rings. The van der Waals surface area contributed by atoms with Gasteiger partial charge in [0.25, 0.3) is 11.8 Å². The van der Waals surface area contributed by atoms with Crippen molar-refractivity contribution in [2.75, 3.05) is 57.8 Å². The lowest BCUT2D eigenvalue weighted by Crippen LogP contribution is -2.52. The molecule has 0 saturated carbocycles. The summed E-state index contributed by atoms with van der Waals surface area (Å²) < 4.78 is 27.6. The zero-order valence-corrected chi connectivity index (χ0v) is 70.9. The van der Waals surface area contributed by atoms with E-state index in [9.17, 15) is 39.0 Å². The van der Waals surface area contributed by atoms with Gasteiger partial charge in [0, 0.05) is 124 Å². The summed E-state index contributed by atoms with van der Waals surface area (Å²) in [5.41, 5.74) is 14.4. The van der Waals surface area contributed by atoms with Crippen LogP contribution in [-0.4, -0.2) is 201 Å². The van der Waals surface area contributed by atoms with Crippen LogP contribution in [0.25, 0.3) is 28.1 Å². The van der Waals surface area contributed by atoms with E-state index < -0.39 is 37.3 Å². The minimum Gasteiger partial charge on any atom is -0.466 e. The highest BCUT2D eigenvalue weighted by Crippen LogP contribution is 2.33. The maximum absolute atomic E-state index is 13.5. The maximum Gasteiger partial charge on any atom is 0.496 e. The van der Waals surface area contributed by atoms with Gasteiger partial charge >= 0.3 is 19.1 Å². The van der Waals surface area contributed by atoms with Gasteiger partial charge in [-0.3, -0.25) is 28.5 Å². The lowest BCUT2D eigenvalue weighted by atomic mass is 9.81. The van der Waals surface area contributed by atoms with Gasteiger partial charge in [-0.1, -0.05) is 77.3 Å². The van der Waals surface area contributed by atoms with E-state index in [0.29, 0.717) is 90.3 Å². The number of nitrogens with one attached hydrogen (secondary N) is 5. The van der Waals surface area contributed by atoms with Crippen molar-refractivity contribution in [1.82, 2.24) is 94.0 Å². The van der Waals surface area contributed by atoms with Crippen LogP contribution in [0.15, 0.2) is 152 Å². The second-order valence-electron chi connectivity index (χ2n) is 29.3. The topological polar surface area (TPSA) is 399 Å². The van der Waals surface area contributed by atoms with Crippen LogP contribution in [0.3, 0.4) is 0 Å². The Morgan fingerprint density at radius 2 is 1.08 bits per heavy atom. The molecule has 37 heteroatoms. The number of allylic oxidation sites excluding steroid dienone is 3. The molecule has 1 fully saturated rings. The van der Waals surface area contributed by atoms with Gasteiger partial charge in [0.15, 0.2) is 0 Å². The summed E-state index contributed by atoms with van der Waals surface area (Å²) in [7, 11) is 5.95. The van der Waals surface area contributed by atoms with Crippen molar-refractivity contribution in [3.63, 3.8) is 0 Å². The first-order chi connectivity index (χ1) is 57.3. The van der Waals surface area contributed by atoms with Crippen molar-refractivity contribution in [3.05, 3.63) is 235 Å². The zero-order chi connectivity index (χ0) is 86.4. The predicted octanol–water partition coefficient (Wildman–Crippen LogP) is 10.2. The minimum atomic E-state index is -0.709. The third-order valence-electron chi connectivity index (χ3n) is 19.9. The first kappa shape index (κ1) is 88.5. The van der Waals surface area contributed by atoms with E-state index >= 15 is 0 Å². The molecule has 1 aliphatic carbocycles. The third-order valence-corrected chi connectivity index (χ3v) is 20.7. The first-order valence-corrected chi connectivity index (χ1v) is 39.3. The van der Waals surface area contributed by atoms with E-state index in [2.05, 4.69) is 75.8 Å². The summed E-state index contributed by atoms with van der Waals surface area (Å²) in [5.74, 6) is 0.551. The number of methoxy groups -OCH3 is 2. The average molecular weight is 1690 g/mol. The lowest BCUT2D eigenvalue weighted by molar-refractivity contribution is -0.136. The van der Waals surface area contributed by atoms with Crippen molar-refractivity contribution in [2.45, 2.75) is 119 Å². The second kappa shape index (κ2) is 39.5. The van der Waals surface area contributed by atoms with Crippen molar-refractivity contribution in [1.29, 1.82) is 0 Å². The molecule has 0 spiro atoms. The molecule has 15 rings (SSSR count).